The number of piperidine rings is 1. The number of ether oxygens (including phenoxy) is 1. The highest BCUT2D eigenvalue weighted by molar-refractivity contribution is 6.00. The summed E-state index contributed by atoms with van der Waals surface area (Å²) in [7, 11) is 1.59. The van der Waals surface area contributed by atoms with Crippen molar-refractivity contribution < 1.29 is 19.1 Å². The predicted molar refractivity (Wildman–Crippen MR) is 101 cm³/mol. The quantitative estimate of drug-likeness (QED) is 0.847. The van der Waals surface area contributed by atoms with Crippen molar-refractivity contribution in [2.24, 2.45) is 11.8 Å². The molecule has 2 aliphatic rings. The maximum Gasteiger partial charge on any atom is 0.228 e. The fourth-order valence-electron chi connectivity index (χ4n) is 3.85. The van der Waals surface area contributed by atoms with E-state index >= 15 is 0 Å². The van der Waals surface area contributed by atoms with Crippen molar-refractivity contribution in [3.05, 3.63) is 24.3 Å². The molecule has 7 heteroatoms. The Labute approximate surface area is 159 Å². The Hall–Kier alpha value is -2.57. The van der Waals surface area contributed by atoms with Crippen LogP contribution >= 0.6 is 0 Å². The first-order valence-electron chi connectivity index (χ1n) is 9.54. The third kappa shape index (κ3) is 4.23. The van der Waals surface area contributed by atoms with Crippen LogP contribution in [0.4, 0.5) is 5.69 Å². The maximum absolute atomic E-state index is 12.9. The standard InChI is InChI=1S/C20H27N3O4/c1-3-21-19(25)14-5-4-10-22(12-14)20(26)15-11-18(24)23(13-15)16-6-8-17(27-2)9-7-16/h6-9,14-15H,3-5,10-13H2,1-2H3,(H,21,25). The molecule has 0 spiro atoms. The molecule has 27 heavy (non-hydrogen) atoms. The van der Waals surface area contributed by atoms with E-state index in [9.17, 15) is 14.4 Å². The molecule has 7 nitrogen and oxygen atoms in total. The molecule has 0 aromatic heterocycles. The van der Waals surface area contributed by atoms with E-state index in [1.165, 1.54) is 0 Å². The van der Waals surface area contributed by atoms with Crippen LogP contribution in [0.3, 0.4) is 0 Å². The summed E-state index contributed by atoms with van der Waals surface area (Å²) in [5.74, 6) is 0.161. The van der Waals surface area contributed by atoms with Crippen LogP contribution in [-0.2, 0) is 14.4 Å². The lowest BCUT2D eigenvalue weighted by Crippen LogP contribution is -2.47. The largest absolute Gasteiger partial charge is 0.497 e. The van der Waals surface area contributed by atoms with Crippen LogP contribution in [0.1, 0.15) is 26.2 Å². The number of methoxy groups -OCH3 is 1. The first-order chi connectivity index (χ1) is 13.0. The Morgan fingerprint density at radius 3 is 2.59 bits per heavy atom. The van der Waals surface area contributed by atoms with Gasteiger partial charge in [-0.15, -0.1) is 0 Å². The summed E-state index contributed by atoms with van der Waals surface area (Å²) in [4.78, 5) is 40.9. The second-order valence-corrected chi connectivity index (χ2v) is 7.12. The second-order valence-electron chi connectivity index (χ2n) is 7.12. The normalized spacial score (nSPS) is 22.7. The number of amides is 3. The molecule has 2 saturated heterocycles. The number of benzene rings is 1. The van der Waals surface area contributed by atoms with Crippen molar-refractivity contribution in [3.8, 4) is 5.75 Å². The molecule has 0 saturated carbocycles. The van der Waals surface area contributed by atoms with Gasteiger partial charge in [-0.2, -0.15) is 0 Å². The van der Waals surface area contributed by atoms with Crippen molar-refractivity contribution >= 4 is 23.4 Å². The van der Waals surface area contributed by atoms with Crippen LogP contribution in [0.15, 0.2) is 24.3 Å². The first kappa shape index (κ1) is 19.2. The van der Waals surface area contributed by atoms with Crippen molar-refractivity contribution in [3.63, 3.8) is 0 Å². The molecular formula is C20H27N3O4. The summed E-state index contributed by atoms with van der Waals surface area (Å²) in [5.41, 5.74) is 0.773. The number of hydrogen-bond donors (Lipinski definition) is 1. The van der Waals surface area contributed by atoms with Gasteiger partial charge in [0.1, 0.15) is 5.75 Å². The molecule has 0 radical (unpaired) electrons. The average molecular weight is 373 g/mol. The van der Waals surface area contributed by atoms with Gasteiger partial charge in [0.2, 0.25) is 17.7 Å². The zero-order valence-electron chi connectivity index (χ0n) is 15.9. The van der Waals surface area contributed by atoms with Crippen LogP contribution < -0.4 is 15.0 Å². The van der Waals surface area contributed by atoms with E-state index in [1.807, 2.05) is 19.1 Å². The smallest absolute Gasteiger partial charge is 0.228 e. The molecule has 0 bridgehead atoms. The number of nitrogens with zero attached hydrogens (tertiary/aromatic N) is 2. The summed E-state index contributed by atoms with van der Waals surface area (Å²) in [6.07, 6.45) is 1.83. The van der Waals surface area contributed by atoms with E-state index in [0.29, 0.717) is 26.2 Å². The Balaban J connectivity index is 1.63. The monoisotopic (exact) mass is 373 g/mol. The molecule has 1 N–H and O–H groups in total. The molecule has 2 unspecified atom stereocenters. The highest BCUT2D eigenvalue weighted by Gasteiger charge is 2.39. The lowest BCUT2D eigenvalue weighted by atomic mass is 9.95. The lowest BCUT2D eigenvalue weighted by molar-refractivity contribution is -0.139. The van der Waals surface area contributed by atoms with E-state index < -0.39 is 0 Å². The highest BCUT2D eigenvalue weighted by Crippen LogP contribution is 2.29. The number of nitrogens with one attached hydrogen (secondary N) is 1. The summed E-state index contributed by atoms with van der Waals surface area (Å²) in [5, 5.41) is 2.84. The minimum atomic E-state index is -0.354. The third-order valence-corrected chi connectivity index (χ3v) is 5.31. The summed E-state index contributed by atoms with van der Waals surface area (Å²) in [6.45, 7) is 3.96. The summed E-state index contributed by atoms with van der Waals surface area (Å²) < 4.78 is 5.15. The zero-order valence-corrected chi connectivity index (χ0v) is 15.9. The fraction of sp³-hybridized carbons (Fsp3) is 0.550. The van der Waals surface area contributed by atoms with Crippen LogP contribution in [-0.4, -0.2) is 55.9 Å². The van der Waals surface area contributed by atoms with Crippen molar-refractivity contribution in [1.29, 1.82) is 0 Å². The summed E-state index contributed by atoms with van der Waals surface area (Å²) >= 11 is 0. The summed E-state index contributed by atoms with van der Waals surface area (Å²) in [6, 6.07) is 7.27. The fourth-order valence-corrected chi connectivity index (χ4v) is 3.85. The van der Waals surface area contributed by atoms with E-state index in [1.54, 1.807) is 29.0 Å². The molecule has 3 amide bonds. The van der Waals surface area contributed by atoms with Crippen molar-refractivity contribution in [1.82, 2.24) is 10.2 Å². The van der Waals surface area contributed by atoms with Gasteiger partial charge >= 0.3 is 0 Å². The Morgan fingerprint density at radius 1 is 1.19 bits per heavy atom. The minimum absolute atomic E-state index is 0.0114. The van der Waals surface area contributed by atoms with Gasteiger partial charge in [-0.3, -0.25) is 14.4 Å². The van der Waals surface area contributed by atoms with Gasteiger partial charge in [0.15, 0.2) is 0 Å². The molecule has 2 fully saturated rings. The number of carbonyl (C=O) groups is 3. The molecule has 2 aliphatic heterocycles. The molecule has 1 aromatic carbocycles. The van der Waals surface area contributed by atoms with Crippen LogP contribution in [0.2, 0.25) is 0 Å². The Kier molecular flexibility index (Phi) is 5.98. The average Bonchev–Trinajstić information content (AvgIpc) is 3.09. The van der Waals surface area contributed by atoms with Gasteiger partial charge < -0.3 is 19.9 Å². The molecular weight excluding hydrogens is 346 g/mol. The number of likely N-dealkylation sites (tertiary alicyclic amines) is 1. The molecule has 3 rings (SSSR count). The SMILES string of the molecule is CCNC(=O)C1CCCN(C(=O)C2CC(=O)N(c3ccc(OC)cc3)C2)C1. The van der Waals surface area contributed by atoms with Gasteiger partial charge in [-0.25, -0.2) is 0 Å². The molecule has 2 heterocycles. The van der Waals surface area contributed by atoms with Crippen LogP contribution in [0.25, 0.3) is 0 Å². The Bertz CT molecular complexity index is 704. The van der Waals surface area contributed by atoms with Gasteiger partial charge in [0, 0.05) is 38.3 Å². The zero-order chi connectivity index (χ0) is 19.4. The van der Waals surface area contributed by atoms with E-state index in [2.05, 4.69) is 5.32 Å². The molecule has 0 aliphatic carbocycles. The minimum Gasteiger partial charge on any atom is -0.497 e. The maximum atomic E-state index is 12.9. The van der Waals surface area contributed by atoms with E-state index in [0.717, 1.165) is 24.3 Å². The molecule has 1 aromatic rings. The number of hydrogen-bond acceptors (Lipinski definition) is 4. The first-order valence-corrected chi connectivity index (χ1v) is 9.54. The van der Waals surface area contributed by atoms with Crippen LogP contribution in [0.5, 0.6) is 5.75 Å². The van der Waals surface area contributed by atoms with E-state index in [-0.39, 0.29) is 36.0 Å². The topological polar surface area (TPSA) is 79.0 Å². The third-order valence-electron chi connectivity index (χ3n) is 5.31. The molecule has 2 atom stereocenters. The molecule has 146 valence electrons. The lowest BCUT2D eigenvalue weighted by Gasteiger charge is -2.33. The van der Waals surface area contributed by atoms with Crippen molar-refractivity contribution in [2.75, 3.05) is 38.2 Å². The van der Waals surface area contributed by atoms with Gasteiger partial charge in [0.05, 0.1) is 18.9 Å². The van der Waals surface area contributed by atoms with E-state index in [4.69, 9.17) is 4.74 Å². The van der Waals surface area contributed by atoms with Gasteiger partial charge in [-0.05, 0) is 44.0 Å². The van der Waals surface area contributed by atoms with Crippen LogP contribution in [0, 0.1) is 11.8 Å². The Morgan fingerprint density at radius 2 is 1.93 bits per heavy atom. The van der Waals surface area contributed by atoms with Gasteiger partial charge in [-0.1, -0.05) is 0 Å². The van der Waals surface area contributed by atoms with Crippen molar-refractivity contribution in [2.45, 2.75) is 26.2 Å². The number of rotatable bonds is 5. The second kappa shape index (κ2) is 8.41. The predicted octanol–water partition coefficient (Wildman–Crippen LogP) is 1.42. The van der Waals surface area contributed by atoms with Gasteiger partial charge in [0.25, 0.3) is 0 Å². The number of anilines is 1. The number of carbonyl (C=O) groups excluding carboxylic acids is 3. The highest BCUT2D eigenvalue weighted by atomic mass is 16.5.